The van der Waals surface area contributed by atoms with E-state index in [1.165, 1.54) is 25.0 Å². The average molecular weight is 151 g/mol. The van der Waals surface area contributed by atoms with Crippen molar-refractivity contribution in [2.24, 2.45) is 0 Å². The van der Waals surface area contributed by atoms with Gasteiger partial charge in [-0.25, -0.2) is 0 Å². The largest absolute Gasteiger partial charge is 0.381 e. The minimum Gasteiger partial charge on any atom is -0.381 e. The lowest BCUT2D eigenvalue weighted by Crippen LogP contribution is -2.11. The molecule has 0 unspecified atom stereocenters. The van der Waals surface area contributed by atoms with Crippen LogP contribution < -0.4 is 5.32 Å². The monoisotopic (exact) mass is 151 g/mol. The van der Waals surface area contributed by atoms with E-state index in [0.717, 1.165) is 18.4 Å². The highest BCUT2D eigenvalue weighted by Gasteiger charge is 2.22. The van der Waals surface area contributed by atoms with Gasteiger partial charge in [-0.3, -0.25) is 4.79 Å². The minimum atomic E-state index is 0.335. The van der Waals surface area contributed by atoms with Gasteiger partial charge in [0.1, 0.15) is 0 Å². The van der Waals surface area contributed by atoms with Crippen LogP contribution in [0.1, 0.15) is 32.1 Å². The standard InChI is InChI=1S/C9H13NO/c11-9-6-10-8-5-3-1-2-4-7(8)9/h10H,1-6H2. The van der Waals surface area contributed by atoms with Crippen LogP contribution in [0, 0.1) is 0 Å². The van der Waals surface area contributed by atoms with Gasteiger partial charge in [0.25, 0.3) is 0 Å². The molecule has 0 saturated heterocycles. The second-order valence-electron chi connectivity index (χ2n) is 3.29. The van der Waals surface area contributed by atoms with E-state index >= 15 is 0 Å². The van der Waals surface area contributed by atoms with Gasteiger partial charge in [-0.2, -0.15) is 0 Å². The van der Waals surface area contributed by atoms with Gasteiger partial charge in [0.2, 0.25) is 0 Å². The summed E-state index contributed by atoms with van der Waals surface area (Å²) < 4.78 is 0. The molecule has 1 N–H and O–H groups in total. The molecule has 0 aromatic heterocycles. The van der Waals surface area contributed by atoms with Crippen LogP contribution in [0.3, 0.4) is 0 Å². The van der Waals surface area contributed by atoms with E-state index in [-0.39, 0.29) is 0 Å². The van der Waals surface area contributed by atoms with Crippen molar-refractivity contribution in [3.63, 3.8) is 0 Å². The predicted molar refractivity (Wildman–Crippen MR) is 43.1 cm³/mol. The predicted octanol–water partition coefficient (Wildman–Crippen LogP) is 1.38. The number of rotatable bonds is 0. The molecule has 2 aliphatic rings. The molecule has 0 saturated carbocycles. The second kappa shape index (κ2) is 2.68. The Labute approximate surface area is 66.7 Å². The lowest BCUT2D eigenvalue weighted by atomic mass is 10.1. The maximum atomic E-state index is 11.2. The Balaban J connectivity index is 2.22. The molecule has 60 valence electrons. The molecule has 1 heterocycles. The molecule has 0 aromatic rings. The Kier molecular flexibility index (Phi) is 1.68. The maximum absolute atomic E-state index is 11.2. The number of hydrogen-bond acceptors (Lipinski definition) is 2. The smallest absolute Gasteiger partial charge is 0.179 e. The first-order valence-corrected chi connectivity index (χ1v) is 4.37. The van der Waals surface area contributed by atoms with Crippen molar-refractivity contribution >= 4 is 5.78 Å². The summed E-state index contributed by atoms with van der Waals surface area (Å²) >= 11 is 0. The van der Waals surface area contributed by atoms with E-state index in [1.54, 1.807) is 0 Å². The summed E-state index contributed by atoms with van der Waals surface area (Å²) in [5, 5.41) is 3.18. The highest BCUT2D eigenvalue weighted by atomic mass is 16.1. The highest BCUT2D eigenvalue weighted by Crippen LogP contribution is 2.25. The van der Waals surface area contributed by atoms with Crippen LogP contribution in [0.2, 0.25) is 0 Å². The summed E-state index contributed by atoms with van der Waals surface area (Å²) in [6.45, 7) is 0.560. The second-order valence-corrected chi connectivity index (χ2v) is 3.29. The number of Topliss-reactive ketones (excluding diaryl/α,β-unsaturated/α-hetero) is 1. The molecule has 0 radical (unpaired) electrons. The fourth-order valence-electron chi connectivity index (χ4n) is 1.88. The van der Waals surface area contributed by atoms with E-state index in [1.807, 2.05) is 0 Å². The molecule has 1 aliphatic carbocycles. The zero-order valence-corrected chi connectivity index (χ0v) is 6.65. The van der Waals surface area contributed by atoms with E-state index in [4.69, 9.17) is 0 Å². The lowest BCUT2D eigenvalue weighted by molar-refractivity contribution is -0.114. The van der Waals surface area contributed by atoms with Crippen molar-refractivity contribution < 1.29 is 4.79 Å². The van der Waals surface area contributed by atoms with Crippen molar-refractivity contribution in [1.82, 2.24) is 5.32 Å². The first-order valence-electron chi connectivity index (χ1n) is 4.37. The number of allylic oxidation sites excluding steroid dienone is 1. The van der Waals surface area contributed by atoms with Crippen LogP contribution >= 0.6 is 0 Å². The first-order chi connectivity index (χ1) is 5.38. The highest BCUT2D eigenvalue weighted by molar-refractivity contribution is 6.00. The molecule has 0 fully saturated rings. The maximum Gasteiger partial charge on any atom is 0.179 e. The first kappa shape index (κ1) is 6.89. The number of carbonyl (C=O) groups excluding carboxylic acids is 1. The Morgan fingerprint density at radius 2 is 1.91 bits per heavy atom. The summed E-state index contributed by atoms with van der Waals surface area (Å²) in [5.41, 5.74) is 2.34. The number of hydrogen-bond donors (Lipinski definition) is 1. The van der Waals surface area contributed by atoms with E-state index < -0.39 is 0 Å². The van der Waals surface area contributed by atoms with Crippen LogP contribution in [-0.2, 0) is 4.79 Å². The minimum absolute atomic E-state index is 0.335. The molecule has 2 nitrogen and oxygen atoms in total. The zero-order valence-electron chi connectivity index (χ0n) is 6.65. The van der Waals surface area contributed by atoms with Gasteiger partial charge in [-0.05, 0) is 25.7 Å². The van der Waals surface area contributed by atoms with Gasteiger partial charge in [0.15, 0.2) is 5.78 Å². The summed E-state index contributed by atoms with van der Waals surface area (Å²) in [6.07, 6.45) is 5.84. The van der Waals surface area contributed by atoms with Gasteiger partial charge in [-0.15, -0.1) is 0 Å². The molecule has 0 spiro atoms. The van der Waals surface area contributed by atoms with Crippen LogP contribution in [0.15, 0.2) is 11.3 Å². The molecule has 0 aromatic carbocycles. The molecular weight excluding hydrogens is 138 g/mol. The van der Waals surface area contributed by atoms with Crippen LogP contribution in [-0.4, -0.2) is 12.3 Å². The zero-order chi connectivity index (χ0) is 7.68. The average Bonchev–Trinajstić information content (AvgIpc) is 2.25. The normalized spacial score (nSPS) is 24.5. The Hall–Kier alpha value is -0.790. The van der Waals surface area contributed by atoms with E-state index in [9.17, 15) is 4.79 Å². The van der Waals surface area contributed by atoms with Gasteiger partial charge in [0.05, 0.1) is 6.54 Å². The number of carbonyl (C=O) groups is 1. The van der Waals surface area contributed by atoms with Crippen LogP contribution in [0.25, 0.3) is 0 Å². The summed E-state index contributed by atoms with van der Waals surface area (Å²) in [4.78, 5) is 11.2. The molecule has 0 atom stereocenters. The molecule has 2 heteroatoms. The molecule has 11 heavy (non-hydrogen) atoms. The summed E-state index contributed by atoms with van der Waals surface area (Å²) in [7, 11) is 0. The van der Waals surface area contributed by atoms with Gasteiger partial charge in [-0.1, -0.05) is 6.42 Å². The van der Waals surface area contributed by atoms with E-state index in [2.05, 4.69) is 5.32 Å². The molecule has 2 rings (SSSR count). The molecular formula is C9H13NO. The Bertz CT molecular complexity index is 218. The molecule has 0 bridgehead atoms. The third-order valence-corrected chi connectivity index (χ3v) is 2.52. The van der Waals surface area contributed by atoms with Crippen LogP contribution in [0.4, 0.5) is 0 Å². The van der Waals surface area contributed by atoms with Crippen molar-refractivity contribution in [1.29, 1.82) is 0 Å². The van der Waals surface area contributed by atoms with Crippen molar-refractivity contribution in [2.45, 2.75) is 32.1 Å². The third kappa shape index (κ3) is 1.17. The fourth-order valence-corrected chi connectivity index (χ4v) is 1.88. The topological polar surface area (TPSA) is 29.1 Å². The van der Waals surface area contributed by atoms with Gasteiger partial charge < -0.3 is 5.32 Å². The van der Waals surface area contributed by atoms with Crippen molar-refractivity contribution in [3.05, 3.63) is 11.3 Å². The fraction of sp³-hybridized carbons (Fsp3) is 0.667. The van der Waals surface area contributed by atoms with Crippen molar-refractivity contribution in [3.8, 4) is 0 Å². The quantitative estimate of drug-likeness (QED) is 0.566. The van der Waals surface area contributed by atoms with E-state index in [0.29, 0.717) is 12.3 Å². The Morgan fingerprint density at radius 1 is 1.09 bits per heavy atom. The third-order valence-electron chi connectivity index (χ3n) is 2.52. The van der Waals surface area contributed by atoms with Crippen molar-refractivity contribution in [2.75, 3.05) is 6.54 Å². The van der Waals surface area contributed by atoms with Gasteiger partial charge >= 0.3 is 0 Å². The summed E-state index contributed by atoms with van der Waals surface area (Å²) in [6, 6.07) is 0. The van der Waals surface area contributed by atoms with Crippen LogP contribution in [0.5, 0.6) is 0 Å². The molecule has 0 amide bonds. The summed E-state index contributed by atoms with van der Waals surface area (Å²) in [5.74, 6) is 0.335. The SMILES string of the molecule is O=C1CNC2=C1CCCCC2. The Morgan fingerprint density at radius 3 is 2.82 bits per heavy atom. The van der Waals surface area contributed by atoms with Gasteiger partial charge in [0, 0.05) is 11.3 Å². The number of ketones is 1. The molecule has 1 aliphatic heterocycles. The lowest BCUT2D eigenvalue weighted by Gasteiger charge is -1.99. The number of nitrogens with one attached hydrogen (secondary N) is 1.